The van der Waals surface area contributed by atoms with Gasteiger partial charge in [-0.2, -0.15) is 9.57 Å². The molecule has 1 aliphatic heterocycles. The third-order valence-corrected chi connectivity index (χ3v) is 9.62. The third-order valence-electron chi connectivity index (χ3n) is 5.63. The molecule has 1 aliphatic carbocycles. The summed E-state index contributed by atoms with van der Waals surface area (Å²) in [6.45, 7) is 3.49. The smallest absolute Gasteiger partial charge is 0.252 e. The highest BCUT2D eigenvalue weighted by atomic mass is 79.9. The molecule has 7 nitrogen and oxygen atoms in total. The minimum Gasteiger partial charge on any atom is -0.336 e. The highest BCUT2D eigenvalue weighted by Gasteiger charge is 2.37. The van der Waals surface area contributed by atoms with E-state index in [0.29, 0.717) is 43.2 Å². The number of carbonyl (C=O) groups excluding carboxylic acids is 1. The summed E-state index contributed by atoms with van der Waals surface area (Å²) in [7, 11) is -3.50. The topological polar surface area (TPSA) is 93.5 Å². The number of piperazine rings is 1. The van der Waals surface area contributed by atoms with Gasteiger partial charge in [-0.25, -0.2) is 8.42 Å². The predicted molar refractivity (Wildman–Crippen MR) is 111 cm³/mol. The molecule has 0 unspecified atom stereocenters. The van der Waals surface area contributed by atoms with Gasteiger partial charge in [-0.05, 0) is 47.8 Å². The largest absolute Gasteiger partial charge is 0.336 e. The first-order valence-corrected chi connectivity index (χ1v) is 12.6. The van der Waals surface area contributed by atoms with Crippen molar-refractivity contribution >= 4 is 43.2 Å². The van der Waals surface area contributed by atoms with E-state index in [2.05, 4.69) is 27.3 Å². The van der Waals surface area contributed by atoms with Crippen molar-refractivity contribution in [3.05, 3.63) is 15.9 Å². The molecule has 1 aromatic rings. The van der Waals surface area contributed by atoms with Crippen LogP contribution in [0.2, 0.25) is 0 Å². The average Bonchev–Trinajstić information content (AvgIpc) is 3.15. The molecule has 1 aromatic heterocycles. The van der Waals surface area contributed by atoms with E-state index in [1.165, 1.54) is 15.6 Å². The van der Waals surface area contributed by atoms with Crippen LogP contribution >= 0.6 is 27.3 Å². The lowest BCUT2D eigenvalue weighted by Gasteiger charge is -2.38. The van der Waals surface area contributed by atoms with Gasteiger partial charge in [-0.3, -0.25) is 9.69 Å². The summed E-state index contributed by atoms with van der Waals surface area (Å²) in [5.41, 5.74) is -0.749. The molecule has 3 rings (SSSR count). The molecule has 0 radical (unpaired) electrons. The van der Waals surface area contributed by atoms with E-state index in [1.54, 1.807) is 12.1 Å². The van der Waals surface area contributed by atoms with Gasteiger partial charge in [0.1, 0.15) is 9.75 Å². The second-order valence-corrected chi connectivity index (χ2v) is 12.0. The monoisotopic (exact) mass is 488 g/mol. The van der Waals surface area contributed by atoms with E-state index >= 15 is 0 Å². The summed E-state index contributed by atoms with van der Waals surface area (Å²) in [4.78, 5) is 14.7. The fraction of sp³-hybridized carbons (Fsp3) is 0.667. The van der Waals surface area contributed by atoms with Crippen LogP contribution in [0.25, 0.3) is 0 Å². The molecule has 1 atom stereocenters. The molecule has 10 heteroatoms. The fourth-order valence-corrected chi connectivity index (χ4v) is 7.41. The Morgan fingerprint density at radius 3 is 2.43 bits per heavy atom. The van der Waals surface area contributed by atoms with Gasteiger partial charge in [0.05, 0.1) is 15.9 Å². The van der Waals surface area contributed by atoms with Crippen LogP contribution in [0.15, 0.2) is 20.1 Å². The number of hydrogen-bond acceptors (Lipinski definition) is 6. The molecular formula is C18H25BrN4O3S2. The summed E-state index contributed by atoms with van der Waals surface area (Å²) in [6, 6.07) is 5.26. The second kappa shape index (κ2) is 8.79. The summed E-state index contributed by atoms with van der Waals surface area (Å²) >= 11 is 4.50. The van der Waals surface area contributed by atoms with Crippen LogP contribution in [0, 0.1) is 11.3 Å². The fourth-order valence-electron chi connectivity index (χ4n) is 3.82. The first kappa shape index (κ1) is 21.7. The molecule has 2 heterocycles. The number of nitriles is 1. The van der Waals surface area contributed by atoms with Gasteiger partial charge in [0.25, 0.3) is 10.0 Å². The quantitative estimate of drug-likeness (QED) is 0.686. The Hall–Kier alpha value is -0.990. The van der Waals surface area contributed by atoms with Crippen LogP contribution in [-0.2, 0) is 14.8 Å². The van der Waals surface area contributed by atoms with E-state index in [9.17, 15) is 18.5 Å². The molecule has 0 bridgehead atoms. The zero-order valence-electron chi connectivity index (χ0n) is 15.9. The van der Waals surface area contributed by atoms with Crippen molar-refractivity contribution in [3.63, 3.8) is 0 Å². The Kier molecular flexibility index (Phi) is 6.82. The van der Waals surface area contributed by atoms with Crippen molar-refractivity contribution in [3.8, 4) is 6.07 Å². The average molecular weight is 489 g/mol. The van der Waals surface area contributed by atoms with Crippen molar-refractivity contribution in [2.75, 3.05) is 26.2 Å². The number of nitrogens with one attached hydrogen (secondary N) is 1. The molecule has 0 aromatic carbocycles. The van der Waals surface area contributed by atoms with Crippen molar-refractivity contribution in [2.45, 2.75) is 54.8 Å². The van der Waals surface area contributed by atoms with Crippen molar-refractivity contribution in [2.24, 2.45) is 0 Å². The van der Waals surface area contributed by atoms with Crippen LogP contribution in [0.1, 0.15) is 39.0 Å². The van der Waals surface area contributed by atoms with Gasteiger partial charge < -0.3 is 5.32 Å². The maximum absolute atomic E-state index is 12.7. The van der Waals surface area contributed by atoms with E-state index in [0.717, 1.165) is 23.0 Å². The number of rotatable bonds is 5. The minimum absolute atomic E-state index is 0.151. The molecule has 1 saturated carbocycles. The SMILES string of the molecule is C[C@@H](C(=O)NC1(C#N)CCCCC1)N1CCN(S(=O)(=O)c2ccc(Br)s2)CC1. The molecule has 28 heavy (non-hydrogen) atoms. The second-order valence-electron chi connectivity index (χ2n) is 7.42. The lowest BCUT2D eigenvalue weighted by Crippen LogP contribution is -2.58. The number of thiophene rings is 1. The number of carbonyl (C=O) groups is 1. The van der Waals surface area contributed by atoms with E-state index < -0.39 is 21.6 Å². The number of amides is 1. The summed E-state index contributed by atoms with van der Waals surface area (Å²) < 4.78 is 28.1. The molecular weight excluding hydrogens is 464 g/mol. The van der Waals surface area contributed by atoms with Gasteiger partial charge >= 0.3 is 0 Å². The standard InChI is InChI=1S/C18H25BrN4O3S2/c1-14(17(24)21-18(13-20)7-3-2-4-8-18)22-9-11-23(12-10-22)28(25,26)16-6-5-15(19)27-16/h5-6,14H,2-4,7-12H2,1H3,(H,21,24)/t14-/m0/s1. The van der Waals surface area contributed by atoms with Gasteiger partial charge in [0, 0.05) is 26.2 Å². The third kappa shape index (κ3) is 4.60. The van der Waals surface area contributed by atoms with Gasteiger partial charge in [-0.15, -0.1) is 11.3 Å². The summed E-state index contributed by atoms with van der Waals surface area (Å²) in [5, 5.41) is 12.5. The lowest BCUT2D eigenvalue weighted by molar-refractivity contribution is -0.128. The zero-order chi connectivity index (χ0) is 20.4. The Bertz CT molecular complexity index is 850. The Morgan fingerprint density at radius 2 is 1.89 bits per heavy atom. The lowest BCUT2D eigenvalue weighted by atomic mass is 9.82. The molecule has 2 fully saturated rings. The van der Waals surface area contributed by atoms with Crippen molar-refractivity contribution < 1.29 is 13.2 Å². The number of sulfonamides is 1. The van der Waals surface area contributed by atoms with Crippen LogP contribution in [0.3, 0.4) is 0 Å². The summed E-state index contributed by atoms with van der Waals surface area (Å²) in [6.07, 6.45) is 4.41. The van der Waals surface area contributed by atoms with Crippen LogP contribution in [0.5, 0.6) is 0 Å². The van der Waals surface area contributed by atoms with Gasteiger partial charge in [0.2, 0.25) is 5.91 Å². The Morgan fingerprint density at radius 1 is 1.25 bits per heavy atom. The molecule has 0 spiro atoms. The maximum atomic E-state index is 12.7. The highest BCUT2D eigenvalue weighted by molar-refractivity contribution is 9.11. The van der Waals surface area contributed by atoms with Crippen molar-refractivity contribution in [1.82, 2.24) is 14.5 Å². The normalized spacial score (nSPS) is 22.3. The predicted octanol–water partition coefficient (Wildman–Crippen LogP) is 2.55. The molecule has 2 aliphatic rings. The molecule has 1 N–H and O–H groups in total. The zero-order valence-corrected chi connectivity index (χ0v) is 19.1. The van der Waals surface area contributed by atoms with E-state index in [-0.39, 0.29) is 5.91 Å². The minimum atomic E-state index is -3.50. The van der Waals surface area contributed by atoms with Crippen LogP contribution in [0.4, 0.5) is 0 Å². The number of hydrogen-bond donors (Lipinski definition) is 1. The van der Waals surface area contributed by atoms with E-state index in [1.807, 2.05) is 11.8 Å². The van der Waals surface area contributed by atoms with Gasteiger partial charge in [-0.1, -0.05) is 19.3 Å². The maximum Gasteiger partial charge on any atom is 0.252 e. The summed E-state index contributed by atoms with van der Waals surface area (Å²) in [5.74, 6) is -0.151. The first-order chi connectivity index (χ1) is 13.3. The van der Waals surface area contributed by atoms with Crippen molar-refractivity contribution in [1.29, 1.82) is 5.26 Å². The highest BCUT2D eigenvalue weighted by Crippen LogP contribution is 2.30. The Labute approximate surface area is 178 Å². The first-order valence-electron chi connectivity index (χ1n) is 9.50. The number of halogens is 1. The van der Waals surface area contributed by atoms with E-state index in [4.69, 9.17) is 0 Å². The number of nitrogens with zero attached hydrogens (tertiary/aromatic N) is 3. The van der Waals surface area contributed by atoms with Crippen LogP contribution < -0.4 is 5.32 Å². The van der Waals surface area contributed by atoms with Crippen LogP contribution in [-0.4, -0.2) is 61.3 Å². The Balaban J connectivity index is 1.58. The van der Waals surface area contributed by atoms with Gasteiger partial charge in [0.15, 0.2) is 0 Å². The molecule has 1 amide bonds. The molecule has 154 valence electrons. The molecule has 1 saturated heterocycles.